The number of rotatable bonds is 4. The Hall–Kier alpha value is -3.87. The number of allylic oxidation sites excluding steroid dienone is 1. The van der Waals surface area contributed by atoms with E-state index in [1.165, 1.54) is 0 Å². The third-order valence-corrected chi connectivity index (χ3v) is 6.67. The van der Waals surface area contributed by atoms with Gasteiger partial charge in [0.1, 0.15) is 0 Å². The molecule has 0 saturated carbocycles. The molecule has 6 rings (SSSR count). The van der Waals surface area contributed by atoms with Crippen LogP contribution >= 0.6 is 0 Å². The molecule has 1 saturated heterocycles. The van der Waals surface area contributed by atoms with E-state index in [0.717, 1.165) is 77.1 Å². The molecular weight excluding hydrogens is 432 g/mol. The SMILES string of the molecule is O=C(OCC(=O)N1CCCC1)c1c2c(nc3ccccc13)/C(=C\c1ccc3c(c1)OCO3)CC2. The average Bonchev–Trinajstić information content (AvgIpc) is 3.62. The van der Waals surface area contributed by atoms with E-state index in [-0.39, 0.29) is 19.3 Å². The van der Waals surface area contributed by atoms with Crippen LogP contribution in [0.3, 0.4) is 0 Å². The lowest BCUT2D eigenvalue weighted by molar-refractivity contribution is -0.133. The van der Waals surface area contributed by atoms with Gasteiger partial charge in [0, 0.05) is 18.5 Å². The van der Waals surface area contributed by atoms with Gasteiger partial charge in [-0.2, -0.15) is 0 Å². The Balaban J connectivity index is 1.34. The van der Waals surface area contributed by atoms with E-state index in [2.05, 4.69) is 6.08 Å². The van der Waals surface area contributed by atoms with Crippen LogP contribution in [0, 0.1) is 0 Å². The molecule has 3 aliphatic rings. The van der Waals surface area contributed by atoms with E-state index in [1.807, 2.05) is 42.5 Å². The number of aromatic nitrogens is 1. The summed E-state index contributed by atoms with van der Waals surface area (Å²) in [6, 6.07) is 13.4. The van der Waals surface area contributed by atoms with Crippen molar-refractivity contribution in [2.45, 2.75) is 25.7 Å². The van der Waals surface area contributed by atoms with E-state index >= 15 is 0 Å². The smallest absolute Gasteiger partial charge is 0.339 e. The minimum absolute atomic E-state index is 0.135. The highest BCUT2D eigenvalue weighted by molar-refractivity contribution is 6.07. The fraction of sp³-hybridized carbons (Fsp3) is 0.296. The van der Waals surface area contributed by atoms with Crippen molar-refractivity contribution in [2.24, 2.45) is 0 Å². The lowest BCUT2D eigenvalue weighted by Crippen LogP contribution is -2.32. The normalized spacial score (nSPS) is 17.4. The van der Waals surface area contributed by atoms with Crippen molar-refractivity contribution < 1.29 is 23.8 Å². The number of fused-ring (bicyclic) bond motifs is 3. The topological polar surface area (TPSA) is 78.0 Å². The predicted octanol–water partition coefficient (Wildman–Crippen LogP) is 4.23. The lowest BCUT2D eigenvalue weighted by Gasteiger charge is -2.16. The maximum atomic E-state index is 13.3. The van der Waals surface area contributed by atoms with Gasteiger partial charge in [0.15, 0.2) is 18.1 Å². The average molecular weight is 456 g/mol. The predicted molar refractivity (Wildman–Crippen MR) is 127 cm³/mol. The van der Waals surface area contributed by atoms with E-state index in [1.54, 1.807) is 4.90 Å². The van der Waals surface area contributed by atoms with E-state index in [0.29, 0.717) is 12.0 Å². The molecule has 0 spiro atoms. The first-order valence-electron chi connectivity index (χ1n) is 11.6. The van der Waals surface area contributed by atoms with Gasteiger partial charge in [-0.15, -0.1) is 0 Å². The highest BCUT2D eigenvalue weighted by Gasteiger charge is 2.28. The van der Waals surface area contributed by atoms with Crippen molar-refractivity contribution in [3.8, 4) is 11.5 Å². The van der Waals surface area contributed by atoms with Gasteiger partial charge in [0.25, 0.3) is 5.91 Å². The Kier molecular flexibility index (Phi) is 5.17. The number of para-hydroxylation sites is 1. The van der Waals surface area contributed by atoms with Crippen LogP contribution in [0.1, 0.15) is 46.4 Å². The molecule has 7 heteroatoms. The van der Waals surface area contributed by atoms with Gasteiger partial charge in [-0.05, 0) is 66.7 Å². The van der Waals surface area contributed by atoms with E-state index in [9.17, 15) is 9.59 Å². The summed E-state index contributed by atoms with van der Waals surface area (Å²) in [5, 5.41) is 0.754. The molecule has 172 valence electrons. The monoisotopic (exact) mass is 456 g/mol. The molecule has 34 heavy (non-hydrogen) atoms. The van der Waals surface area contributed by atoms with Gasteiger partial charge in [-0.1, -0.05) is 24.3 Å². The number of carbonyl (C=O) groups is 2. The van der Waals surface area contributed by atoms with E-state index in [4.69, 9.17) is 19.2 Å². The third-order valence-electron chi connectivity index (χ3n) is 6.67. The maximum absolute atomic E-state index is 13.3. The van der Waals surface area contributed by atoms with Crippen LogP contribution in [0.25, 0.3) is 22.6 Å². The van der Waals surface area contributed by atoms with Gasteiger partial charge < -0.3 is 19.1 Å². The number of hydrogen-bond donors (Lipinski definition) is 0. The first-order valence-corrected chi connectivity index (χ1v) is 11.6. The zero-order chi connectivity index (χ0) is 23.1. The molecule has 0 N–H and O–H groups in total. The summed E-state index contributed by atoms with van der Waals surface area (Å²) in [4.78, 5) is 32.3. The molecule has 2 aliphatic heterocycles. The summed E-state index contributed by atoms with van der Waals surface area (Å²) < 4.78 is 16.4. The number of likely N-dealkylation sites (tertiary alicyclic amines) is 1. The van der Waals surface area contributed by atoms with Gasteiger partial charge in [0.05, 0.1) is 16.8 Å². The van der Waals surface area contributed by atoms with Gasteiger partial charge in [-0.3, -0.25) is 4.79 Å². The molecule has 2 aromatic carbocycles. The van der Waals surface area contributed by atoms with Crippen molar-refractivity contribution in [2.75, 3.05) is 26.5 Å². The largest absolute Gasteiger partial charge is 0.454 e. The Morgan fingerprint density at radius 1 is 1.03 bits per heavy atom. The molecule has 1 amide bonds. The van der Waals surface area contributed by atoms with Crippen LogP contribution in [0.5, 0.6) is 11.5 Å². The van der Waals surface area contributed by atoms with Crippen LogP contribution in [0.2, 0.25) is 0 Å². The summed E-state index contributed by atoms with van der Waals surface area (Å²) >= 11 is 0. The molecule has 0 radical (unpaired) electrons. The van der Waals surface area contributed by atoms with Crippen molar-refractivity contribution in [3.63, 3.8) is 0 Å². The molecule has 3 heterocycles. The van der Waals surface area contributed by atoms with Crippen molar-refractivity contribution >= 4 is 34.4 Å². The summed E-state index contributed by atoms with van der Waals surface area (Å²) in [6.45, 7) is 1.47. The minimum Gasteiger partial charge on any atom is -0.454 e. The summed E-state index contributed by atoms with van der Waals surface area (Å²) in [5.74, 6) is 0.869. The number of hydrogen-bond acceptors (Lipinski definition) is 6. The van der Waals surface area contributed by atoms with Gasteiger partial charge >= 0.3 is 5.97 Å². The molecule has 0 bridgehead atoms. The maximum Gasteiger partial charge on any atom is 0.339 e. The second-order valence-electron chi connectivity index (χ2n) is 8.78. The molecule has 0 atom stereocenters. The van der Waals surface area contributed by atoms with Gasteiger partial charge in [0.2, 0.25) is 6.79 Å². The second-order valence-corrected chi connectivity index (χ2v) is 8.78. The minimum atomic E-state index is -0.466. The van der Waals surface area contributed by atoms with Crippen molar-refractivity contribution in [1.29, 1.82) is 0 Å². The number of benzene rings is 2. The Labute approximate surface area is 196 Å². The van der Waals surface area contributed by atoms with Crippen LogP contribution in [-0.2, 0) is 16.0 Å². The third kappa shape index (κ3) is 3.67. The highest BCUT2D eigenvalue weighted by atomic mass is 16.7. The summed E-state index contributed by atoms with van der Waals surface area (Å²) in [5.41, 5.74) is 4.99. The number of nitrogens with zero attached hydrogens (tertiary/aromatic N) is 2. The lowest BCUT2D eigenvalue weighted by atomic mass is 10.0. The number of amides is 1. The van der Waals surface area contributed by atoms with Crippen LogP contribution in [0.4, 0.5) is 0 Å². The highest BCUT2D eigenvalue weighted by Crippen LogP contribution is 2.39. The number of carbonyl (C=O) groups excluding carboxylic acids is 2. The van der Waals surface area contributed by atoms with Gasteiger partial charge in [-0.25, -0.2) is 9.78 Å². The Morgan fingerprint density at radius 3 is 2.74 bits per heavy atom. The van der Waals surface area contributed by atoms with Crippen molar-refractivity contribution in [3.05, 3.63) is 64.8 Å². The van der Waals surface area contributed by atoms with Crippen LogP contribution < -0.4 is 9.47 Å². The summed E-state index contributed by atoms with van der Waals surface area (Å²) in [6.07, 6.45) is 5.54. The quantitative estimate of drug-likeness (QED) is 0.547. The Bertz CT molecular complexity index is 1340. The number of esters is 1. The fourth-order valence-electron chi connectivity index (χ4n) is 4.97. The van der Waals surface area contributed by atoms with Crippen LogP contribution in [-0.4, -0.2) is 48.2 Å². The molecule has 1 aliphatic carbocycles. The molecule has 7 nitrogen and oxygen atoms in total. The Morgan fingerprint density at radius 2 is 1.85 bits per heavy atom. The molecule has 0 unspecified atom stereocenters. The zero-order valence-corrected chi connectivity index (χ0v) is 18.7. The first kappa shape index (κ1) is 20.7. The fourth-order valence-corrected chi connectivity index (χ4v) is 4.97. The van der Waals surface area contributed by atoms with E-state index < -0.39 is 5.97 Å². The number of pyridine rings is 1. The molecular formula is C27H24N2O5. The first-order chi connectivity index (χ1) is 16.7. The number of ether oxygens (including phenoxy) is 3. The standard InChI is InChI=1S/C27H24N2O5/c30-24(29-11-3-4-12-29)15-32-27(31)25-19-5-1-2-6-21(19)28-26-18(8-9-20(25)26)13-17-7-10-22-23(14-17)34-16-33-22/h1-2,5-7,10,13-14H,3-4,8-9,11-12,15-16H2/b18-13-. The molecule has 3 aromatic rings. The summed E-state index contributed by atoms with van der Waals surface area (Å²) in [7, 11) is 0. The zero-order valence-electron chi connectivity index (χ0n) is 18.7. The van der Waals surface area contributed by atoms with Crippen molar-refractivity contribution in [1.82, 2.24) is 9.88 Å². The second kappa shape index (κ2) is 8.48. The molecule has 1 fully saturated rings. The van der Waals surface area contributed by atoms with Crippen LogP contribution in [0.15, 0.2) is 42.5 Å². The molecule has 1 aromatic heterocycles.